The first kappa shape index (κ1) is 23.7. The molecule has 5 rings (SSSR count). The number of amides is 2. The van der Waals surface area contributed by atoms with E-state index in [0.717, 1.165) is 33.8 Å². The minimum atomic E-state index is -0.204. The van der Waals surface area contributed by atoms with E-state index in [1.165, 1.54) is 6.92 Å². The Labute approximate surface area is 213 Å². The van der Waals surface area contributed by atoms with Crippen LogP contribution in [0.2, 0.25) is 0 Å². The lowest BCUT2D eigenvalue weighted by atomic mass is 10.1. The summed E-state index contributed by atoms with van der Waals surface area (Å²) in [5, 5.41) is 8.87. The molecule has 0 spiro atoms. The zero-order valence-electron chi connectivity index (χ0n) is 20.4. The van der Waals surface area contributed by atoms with Crippen LogP contribution in [0.4, 0.5) is 17.3 Å². The number of anilines is 3. The summed E-state index contributed by atoms with van der Waals surface area (Å²) in [6.07, 6.45) is 1.67. The SMILES string of the molecule is CC(=O)Nc1ccc(-c2ccnc(Nc3cccc(C(=O)NCc4nc5ccccc5n4C)c3)n2)cc1. The monoisotopic (exact) mass is 491 g/mol. The number of hydrogen-bond acceptors (Lipinski definition) is 6. The molecule has 0 aliphatic carbocycles. The number of hydrogen-bond donors (Lipinski definition) is 3. The molecular weight excluding hydrogens is 466 g/mol. The number of aryl methyl sites for hydroxylation is 1. The summed E-state index contributed by atoms with van der Waals surface area (Å²) in [4.78, 5) is 37.6. The van der Waals surface area contributed by atoms with Crippen LogP contribution in [0.25, 0.3) is 22.3 Å². The van der Waals surface area contributed by atoms with Crippen molar-refractivity contribution in [3.8, 4) is 11.3 Å². The predicted molar refractivity (Wildman–Crippen MR) is 143 cm³/mol. The molecule has 0 bridgehead atoms. The van der Waals surface area contributed by atoms with Crippen LogP contribution in [0, 0.1) is 0 Å². The third-order valence-corrected chi connectivity index (χ3v) is 5.82. The first-order valence-corrected chi connectivity index (χ1v) is 11.7. The fourth-order valence-electron chi connectivity index (χ4n) is 3.99. The minimum Gasteiger partial charge on any atom is -0.345 e. The van der Waals surface area contributed by atoms with Gasteiger partial charge in [-0.1, -0.05) is 30.3 Å². The van der Waals surface area contributed by atoms with E-state index < -0.39 is 0 Å². The number of aromatic nitrogens is 4. The van der Waals surface area contributed by atoms with Crippen molar-refractivity contribution < 1.29 is 9.59 Å². The maximum Gasteiger partial charge on any atom is 0.251 e. The first-order valence-electron chi connectivity index (χ1n) is 11.7. The summed E-state index contributed by atoms with van der Waals surface area (Å²) in [5.74, 6) is 0.854. The molecule has 0 unspecified atom stereocenters. The molecule has 0 saturated carbocycles. The van der Waals surface area contributed by atoms with Crippen LogP contribution in [0.15, 0.2) is 85.1 Å². The molecule has 3 N–H and O–H groups in total. The molecule has 0 saturated heterocycles. The third-order valence-electron chi connectivity index (χ3n) is 5.82. The van der Waals surface area contributed by atoms with Gasteiger partial charge in [-0.05, 0) is 48.5 Å². The Morgan fingerprint density at radius 3 is 2.49 bits per heavy atom. The fourth-order valence-corrected chi connectivity index (χ4v) is 3.99. The standard InChI is InChI=1S/C28H25N7O2/c1-18(36)31-21-12-10-19(11-13-21)23-14-15-29-28(34-23)32-22-7-5-6-20(16-22)27(37)30-17-26-33-24-8-3-4-9-25(24)35(26)2/h3-16H,17H2,1-2H3,(H,30,37)(H,31,36)(H,29,32,34). The van der Waals surface area contributed by atoms with Crippen LogP contribution in [0.1, 0.15) is 23.1 Å². The lowest BCUT2D eigenvalue weighted by Gasteiger charge is -2.10. The van der Waals surface area contributed by atoms with Gasteiger partial charge in [0.05, 0.1) is 23.3 Å². The quantitative estimate of drug-likeness (QED) is 0.305. The number of benzene rings is 3. The predicted octanol–water partition coefficient (Wildman–Crippen LogP) is 4.66. The van der Waals surface area contributed by atoms with Crippen molar-refractivity contribution in [3.63, 3.8) is 0 Å². The highest BCUT2D eigenvalue weighted by Crippen LogP contribution is 2.22. The lowest BCUT2D eigenvalue weighted by Crippen LogP contribution is -2.24. The highest BCUT2D eigenvalue weighted by Gasteiger charge is 2.11. The van der Waals surface area contributed by atoms with Crippen molar-refractivity contribution in [3.05, 3.63) is 96.4 Å². The summed E-state index contributed by atoms with van der Waals surface area (Å²) >= 11 is 0. The molecule has 2 heterocycles. The highest BCUT2D eigenvalue weighted by molar-refractivity contribution is 5.95. The van der Waals surface area contributed by atoms with Gasteiger partial charge in [0.2, 0.25) is 11.9 Å². The Hall–Kier alpha value is -5.05. The van der Waals surface area contributed by atoms with Gasteiger partial charge in [0.15, 0.2) is 0 Å². The maximum atomic E-state index is 12.8. The van der Waals surface area contributed by atoms with E-state index in [-0.39, 0.29) is 11.8 Å². The smallest absolute Gasteiger partial charge is 0.251 e. The molecule has 3 aromatic carbocycles. The molecule has 9 nitrogen and oxygen atoms in total. The van der Waals surface area contributed by atoms with E-state index in [0.29, 0.717) is 23.7 Å². The molecule has 0 aliphatic rings. The van der Waals surface area contributed by atoms with E-state index in [2.05, 4.69) is 30.9 Å². The van der Waals surface area contributed by atoms with Crippen molar-refractivity contribution in [2.45, 2.75) is 13.5 Å². The Bertz CT molecular complexity index is 1590. The summed E-state index contributed by atoms with van der Waals surface area (Å²) in [7, 11) is 1.94. The number of para-hydroxylation sites is 2. The molecule has 2 aromatic heterocycles. The average molecular weight is 492 g/mol. The van der Waals surface area contributed by atoms with Crippen molar-refractivity contribution in [2.75, 3.05) is 10.6 Å². The molecule has 184 valence electrons. The van der Waals surface area contributed by atoms with Crippen LogP contribution >= 0.6 is 0 Å². The summed E-state index contributed by atoms with van der Waals surface area (Å²) < 4.78 is 1.98. The molecule has 0 radical (unpaired) electrons. The Morgan fingerprint density at radius 2 is 1.70 bits per heavy atom. The van der Waals surface area contributed by atoms with Crippen LogP contribution in [-0.2, 0) is 18.4 Å². The zero-order valence-corrected chi connectivity index (χ0v) is 20.4. The van der Waals surface area contributed by atoms with Gasteiger partial charge in [0.25, 0.3) is 5.91 Å². The van der Waals surface area contributed by atoms with Crippen molar-refractivity contribution in [1.82, 2.24) is 24.8 Å². The van der Waals surface area contributed by atoms with Gasteiger partial charge in [-0.15, -0.1) is 0 Å². The number of imidazole rings is 1. The van der Waals surface area contributed by atoms with E-state index >= 15 is 0 Å². The number of carbonyl (C=O) groups is 2. The molecule has 5 aromatic rings. The molecular formula is C28H25N7O2. The topological polar surface area (TPSA) is 114 Å². The summed E-state index contributed by atoms with van der Waals surface area (Å²) in [5.41, 5.74) is 5.44. The van der Waals surface area contributed by atoms with Gasteiger partial charge in [-0.3, -0.25) is 9.59 Å². The van der Waals surface area contributed by atoms with Gasteiger partial charge in [-0.2, -0.15) is 0 Å². The van der Waals surface area contributed by atoms with Gasteiger partial charge in [0, 0.05) is 42.7 Å². The van der Waals surface area contributed by atoms with E-state index in [1.807, 2.05) is 72.3 Å². The maximum absolute atomic E-state index is 12.8. The molecule has 2 amide bonds. The molecule has 0 aliphatic heterocycles. The number of nitrogens with zero attached hydrogens (tertiary/aromatic N) is 4. The molecule has 0 fully saturated rings. The number of nitrogens with one attached hydrogen (secondary N) is 3. The van der Waals surface area contributed by atoms with Crippen LogP contribution in [0.5, 0.6) is 0 Å². The van der Waals surface area contributed by atoms with Crippen molar-refractivity contribution in [2.24, 2.45) is 7.05 Å². The third kappa shape index (κ3) is 5.46. The van der Waals surface area contributed by atoms with Gasteiger partial charge in [-0.25, -0.2) is 15.0 Å². The summed E-state index contributed by atoms with van der Waals surface area (Å²) in [6.45, 7) is 1.78. The van der Waals surface area contributed by atoms with Crippen LogP contribution < -0.4 is 16.0 Å². The fraction of sp³-hybridized carbons (Fsp3) is 0.107. The van der Waals surface area contributed by atoms with Crippen LogP contribution in [0.3, 0.4) is 0 Å². The zero-order chi connectivity index (χ0) is 25.8. The van der Waals surface area contributed by atoms with Gasteiger partial charge in [0.1, 0.15) is 5.82 Å². The lowest BCUT2D eigenvalue weighted by molar-refractivity contribution is -0.114. The second-order valence-electron chi connectivity index (χ2n) is 8.49. The van der Waals surface area contributed by atoms with Crippen molar-refractivity contribution >= 4 is 40.2 Å². The van der Waals surface area contributed by atoms with E-state index in [4.69, 9.17) is 0 Å². The second kappa shape index (κ2) is 10.3. The van der Waals surface area contributed by atoms with E-state index in [1.54, 1.807) is 24.4 Å². The molecule has 37 heavy (non-hydrogen) atoms. The molecule has 9 heteroatoms. The first-order chi connectivity index (χ1) is 18.0. The van der Waals surface area contributed by atoms with Gasteiger partial charge < -0.3 is 20.5 Å². The van der Waals surface area contributed by atoms with Crippen LogP contribution in [-0.4, -0.2) is 31.3 Å². The number of carbonyl (C=O) groups excluding carboxylic acids is 2. The number of fused-ring (bicyclic) bond motifs is 1. The van der Waals surface area contributed by atoms with Gasteiger partial charge >= 0.3 is 0 Å². The minimum absolute atomic E-state index is 0.123. The highest BCUT2D eigenvalue weighted by atomic mass is 16.2. The van der Waals surface area contributed by atoms with Crippen molar-refractivity contribution in [1.29, 1.82) is 0 Å². The Morgan fingerprint density at radius 1 is 0.892 bits per heavy atom. The number of rotatable bonds is 7. The Balaban J connectivity index is 1.26. The molecule has 0 atom stereocenters. The Kier molecular flexibility index (Phi) is 6.58. The average Bonchev–Trinajstić information content (AvgIpc) is 3.23. The second-order valence-corrected chi connectivity index (χ2v) is 8.49. The largest absolute Gasteiger partial charge is 0.345 e. The summed E-state index contributed by atoms with van der Waals surface area (Å²) in [6, 6.07) is 24.2. The normalized spacial score (nSPS) is 10.8. The van der Waals surface area contributed by atoms with E-state index in [9.17, 15) is 9.59 Å².